The Morgan fingerprint density at radius 3 is 2.60 bits per heavy atom. The quantitative estimate of drug-likeness (QED) is 0.288. The lowest BCUT2D eigenvalue weighted by Crippen LogP contribution is -2.58. The average Bonchev–Trinajstić information content (AvgIpc) is 3.39. The van der Waals surface area contributed by atoms with Crippen molar-refractivity contribution in [3.05, 3.63) is 89.4 Å². The lowest BCUT2D eigenvalue weighted by molar-refractivity contribution is -0.165. The second kappa shape index (κ2) is 12.5. The van der Waals surface area contributed by atoms with E-state index in [1.807, 2.05) is 54.6 Å². The molecule has 1 atom stereocenters. The van der Waals surface area contributed by atoms with Gasteiger partial charge in [-0.15, -0.1) is 5.10 Å². The number of benzene rings is 3. The predicted molar refractivity (Wildman–Crippen MR) is 152 cm³/mol. The molecule has 2 heterocycles. The van der Waals surface area contributed by atoms with Gasteiger partial charge in [0.25, 0.3) is 0 Å². The van der Waals surface area contributed by atoms with Crippen LogP contribution < -0.4 is 4.74 Å². The molecule has 0 radical (unpaired) electrons. The van der Waals surface area contributed by atoms with Gasteiger partial charge in [-0.3, -0.25) is 9.59 Å². The maximum Gasteiger partial charge on any atom is 0.225 e. The predicted octanol–water partition coefficient (Wildman–Crippen LogP) is 4.20. The summed E-state index contributed by atoms with van der Waals surface area (Å²) in [5, 5.41) is 8.97. The van der Waals surface area contributed by atoms with Crippen LogP contribution >= 0.6 is 11.6 Å². The number of hydrogen-bond donors (Lipinski definition) is 0. The Morgan fingerprint density at radius 1 is 1.05 bits per heavy atom. The monoisotopic (exact) mass is 561 g/mol. The standard InChI is InChI=1S/C30H32ClN5O4/c1-34(20-23-7-3-2-4-8-23)29(38)19-30(22-39-25-13-11-24(31)12-14-25)21-35(17-18-40-30)28(37)15-16-36-27-10-6-5-9-26(27)32-33-36/h2-14H,15-22H2,1H3/t30-/m1/s1. The minimum absolute atomic E-state index is 0.0381. The summed E-state index contributed by atoms with van der Waals surface area (Å²) in [5.41, 5.74) is 1.70. The minimum atomic E-state index is -1.00. The van der Waals surface area contributed by atoms with E-state index >= 15 is 0 Å². The van der Waals surface area contributed by atoms with Crippen molar-refractivity contribution in [2.24, 2.45) is 0 Å². The lowest BCUT2D eigenvalue weighted by Gasteiger charge is -2.42. The number of amides is 2. The van der Waals surface area contributed by atoms with Crippen LogP contribution in [0.2, 0.25) is 5.02 Å². The van der Waals surface area contributed by atoms with Gasteiger partial charge in [0.1, 0.15) is 23.5 Å². The second-order valence-corrected chi connectivity index (χ2v) is 10.5. The van der Waals surface area contributed by atoms with Crippen molar-refractivity contribution in [3.63, 3.8) is 0 Å². The van der Waals surface area contributed by atoms with Crippen LogP contribution in [0.25, 0.3) is 11.0 Å². The van der Waals surface area contributed by atoms with Crippen LogP contribution in [0.15, 0.2) is 78.9 Å². The highest BCUT2D eigenvalue weighted by molar-refractivity contribution is 6.30. The third-order valence-electron chi connectivity index (χ3n) is 7.04. The normalized spacial score (nSPS) is 17.1. The summed E-state index contributed by atoms with van der Waals surface area (Å²) in [5.74, 6) is 0.481. The van der Waals surface area contributed by atoms with Crippen LogP contribution in [0.1, 0.15) is 18.4 Å². The van der Waals surface area contributed by atoms with Gasteiger partial charge in [-0.2, -0.15) is 0 Å². The zero-order chi connectivity index (χ0) is 28.0. The smallest absolute Gasteiger partial charge is 0.225 e. The molecule has 2 amide bonds. The fourth-order valence-electron chi connectivity index (χ4n) is 4.85. The fraction of sp³-hybridized carbons (Fsp3) is 0.333. The molecule has 0 spiro atoms. The first kappa shape index (κ1) is 27.6. The Kier molecular flexibility index (Phi) is 8.62. The number of morpholine rings is 1. The van der Waals surface area contributed by atoms with E-state index in [9.17, 15) is 9.59 Å². The van der Waals surface area contributed by atoms with Crippen molar-refractivity contribution < 1.29 is 19.1 Å². The average molecular weight is 562 g/mol. The Balaban J connectivity index is 1.28. The van der Waals surface area contributed by atoms with Gasteiger partial charge in [0.2, 0.25) is 11.8 Å². The molecule has 1 aromatic heterocycles. The molecule has 208 valence electrons. The molecule has 9 nitrogen and oxygen atoms in total. The number of halogens is 1. The van der Waals surface area contributed by atoms with E-state index in [0.29, 0.717) is 37.0 Å². The zero-order valence-electron chi connectivity index (χ0n) is 22.4. The van der Waals surface area contributed by atoms with Crippen molar-refractivity contribution in [1.29, 1.82) is 0 Å². The van der Waals surface area contributed by atoms with Gasteiger partial charge in [0.15, 0.2) is 0 Å². The molecule has 0 N–H and O–H groups in total. The summed E-state index contributed by atoms with van der Waals surface area (Å²) in [7, 11) is 1.78. The molecule has 3 aromatic carbocycles. The van der Waals surface area contributed by atoms with Crippen molar-refractivity contribution in [3.8, 4) is 5.75 Å². The van der Waals surface area contributed by atoms with Crippen LogP contribution in [0.4, 0.5) is 0 Å². The Labute approximate surface area is 238 Å². The first-order chi connectivity index (χ1) is 19.4. The first-order valence-corrected chi connectivity index (χ1v) is 13.6. The van der Waals surface area contributed by atoms with E-state index in [1.165, 1.54) is 0 Å². The van der Waals surface area contributed by atoms with Crippen LogP contribution in [0, 0.1) is 0 Å². The van der Waals surface area contributed by atoms with Gasteiger partial charge in [-0.05, 0) is 42.0 Å². The molecular weight excluding hydrogens is 530 g/mol. The highest BCUT2D eigenvalue weighted by Crippen LogP contribution is 2.27. The van der Waals surface area contributed by atoms with Gasteiger partial charge in [-0.25, -0.2) is 4.68 Å². The third-order valence-corrected chi connectivity index (χ3v) is 7.29. The third kappa shape index (κ3) is 6.78. The van der Waals surface area contributed by atoms with E-state index in [4.69, 9.17) is 21.1 Å². The fourth-order valence-corrected chi connectivity index (χ4v) is 4.97. The number of hydrogen-bond acceptors (Lipinski definition) is 6. The van der Waals surface area contributed by atoms with Gasteiger partial charge in [0, 0.05) is 31.6 Å². The number of carbonyl (C=O) groups excluding carboxylic acids is 2. The summed E-state index contributed by atoms with van der Waals surface area (Å²) in [6.07, 6.45) is 0.324. The van der Waals surface area contributed by atoms with Gasteiger partial charge in [0.05, 0.1) is 31.6 Å². The summed E-state index contributed by atoms with van der Waals surface area (Å²) in [6, 6.07) is 24.5. The molecule has 10 heteroatoms. The van der Waals surface area contributed by atoms with Crippen LogP contribution in [0.3, 0.4) is 0 Å². The number of carbonyl (C=O) groups is 2. The number of para-hydroxylation sites is 1. The Bertz CT molecular complexity index is 1450. The summed E-state index contributed by atoms with van der Waals surface area (Å²) in [4.78, 5) is 30.2. The van der Waals surface area contributed by atoms with Crippen LogP contribution in [-0.2, 0) is 27.4 Å². The molecule has 5 rings (SSSR count). The molecule has 0 saturated carbocycles. The zero-order valence-corrected chi connectivity index (χ0v) is 23.2. The maximum atomic E-state index is 13.4. The van der Waals surface area contributed by atoms with E-state index in [0.717, 1.165) is 16.6 Å². The molecule has 1 aliphatic heterocycles. The number of aryl methyl sites for hydroxylation is 1. The maximum absolute atomic E-state index is 13.4. The van der Waals surface area contributed by atoms with Crippen molar-refractivity contribution >= 4 is 34.4 Å². The molecule has 1 fully saturated rings. The number of nitrogens with zero attached hydrogens (tertiary/aromatic N) is 5. The highest BCUT2D eigenvalue weighted by atomic mass is 35.5. The van der Waals surface area contributed by atoms with Crippen molar-refractivity contribution in [2.75, 3.05) is 33.4 Å². The lowest BCUT2D eigenvalue weighted by atomic mass is 9.96. The summed E-state index contributed by atoms with van der Waals surface area (Å²) < 4.78 is 14.1. The molecule has 1 saturated heterocycles. The van der Waals surface area contributed by atoms with Gasteiger partial charge < -0.3 is 19.3 Å². The largest absolute Gasteiger partial charge is 0.490 e. The topological polar surface area (TPSA) is 89.8 Å². The molecule has 0 bridgehead atoms. The van der Waals surface area contributed by atoms with Gasteiger partial charge in [-0.1, -0.05) is 59.3 Å². The molecule has 1 aliphatic rings. The number of ether oxygens (including phenoxy) is 2. The molecule has 0 aliphatic carbocycles. The highest BCUT2D eigenvalue weighted by Gasteiger charge is 2.42. The molecule has 40 heavy (non-hydrogen) atoms. The van der Waals surface area contributed by atoms with E-state index in [-0.39, 0.29) is 37.8 Å². The summed E-state index contributed by atoms with van der Waals surface area (Å²) >= 11 is 6.03. The van der Waals surface area contributed by atoms with Crippen molar-refractivity contribution in [2.45, 2.75) is 31.5 Å². The first-order valence-electron chi connectivity index (χ1n) is 13.3. The Morgan fingerprint density at radius 2 is 1.80 bits per heavy atom. The number of fused-ring (bicyclic) bond motifs is 1. The SMILES string of the molecule is CN(Cc1ccccc1)C(=O)C[C@]1(COc2ccc(Cl)cc2)CN(C(=O)CCn2nnc3ccccc32)CCO1. The second-order valence-electron chi connectivity index (χ2n) is 10.1. The van der Waals surface area contributed by atoms with E-state index in [2.05, 4.69) is 10.3 Å². The van der Waals surface area contributed by atoms with Crippen LogP contribution in [0.5, 0.6) is 5.75 Å². The number of rotatable bonds is 10. The van der Waals surface area contributed by atoms with E-state index in [1.54, 1.807) is 45.8 Å². The minimum Gasteiger partial charge on any atom is -0.490 e. The Hall–Kier alpha value is -3.95. The number of aromatic nitrogens is 3. The molecular formula is C30H32ClN5O4. The van der Waals surface area contributed by atoms with Gasteiger partial charge >= 0.3 is 0 Å². The summed E-state index contributed by atoms with van der Waals surface area (Å²) in [6.45, 7) is 1.97. The molecule has 0 unspecified atom stereocenters. The van der Waals surface area contributed by atoms with Crippen LogP contribution in [-0.4, -0.2) is 75.6 Å². The van der Waals surface area contributed by atoms with Crippen molar-refractivity contribution in [1.82, 2.24) is 24.8 Å². The molecule has 4 aromatic rings. The van der Waals surface area contributed by atoms with E-state index < -0.39 is 5.60 Å².